The minimum Gasteiger partial charge on any atom is -0.378 e. The Morgan fingerprint density at radius 3 is 2.56 bits per heavy atom. The average Bonchev–Trinajstić information content (AvgIpc) is 3.02. The summed E-state index contributed by atoms with van der Waals surface area (Å²) in [6.45, 7) is 5.57. The molecule has 7 heteroatoms. The number of carbonyl (C=O) groups excluding carboxylic acids is 2. The zero-order valence-electron chi connectivity index (χ0n) is 15.7. The van der Waals surface area contributed by atoms with Gasteiger partial charge in [-0.25, -0.2) is 4.79 Å². The highest BCUT2D eigenvalue weighted by atomic mass is 16.5. The highest BCUT2D eigenvalue weighted by Gasteiger charge is 2.47. The van der Waals surface area contributed by atoms with Crippen molar-refractivity contribution in [3.63, 3.8) is 0 Å². The number of ether oxygens (including phenoxy) is 2. The summed E-state index contributed by atoms with van der Waals surface area (Å²) in [4.78, 5) is 29.2. The molecule has 0 radical (unpaired) electrons. The first-order valence-corrected chi connectivity index (χ1v) is 9.81. The summed E-state index contributed by atoms with van der Waals surface area (Å²) in [5.41, 5.74) is 2.03. The SMILES string of the molecule is CCc1ccc(NC(=O)N2C[C@H]3C[C@H](C(=O)N4CCOCC4)[C@@H](C2)O3)cc1. The molecule has 1 aromatic carbocycles. The van der Waals surface area contributed by atoms with Gasteiger partial charge in [0.25, 0.3) is 0 Å². The van der Waals surface area contributed by atoms with E-state index in [-0.39, 0.29) is 30.1 Å². The number of anilines is 1. The third-order valence-corrected chi connectivity index (χ3v) is 5.70. The van der Waals surface area contributed by atoms with E-state index in [9.17, 15) is 9.59 Å². The molecule has 146 valence electrons. The lowest BCUT2D eigenvalue weighted by atomic mass is 9.98. The number of urea groups is 1. The minimum absolute atomic E-state index is 0.0630. The van der Waals surface area contributed by atoms with Crippen LogP contribution < -0.4 is 5.32 Å². The summed E-state index contributed by atoms with van der Waals surface area (Å²) in [6.07, 6.45) is 1.38. The lowest BCUT2D eigenvalue weighted by Gasteiger charge is -2.34. The lowest BCUT2D eigenvalue weighted by Crippen LogP contribution is -2.50. The molecule has 3 saturated heterocycles. The molecule has 1 N–H and O–H groups in total. The lowest BCUT2D eigenvalue weighted by molar-refractivity contribution is -0.142. The molecule has 27 heavy (non-hydrogen) atoms. The van der Waals surface area contributed by atoms with Gasteiger partial charge in [0, 0.05) is 31.9 Å². The maximum atomic E-state index is 12.8. The zero-order valence-corrected chi connectivity index (χ0v) is 15.7. The van der Waals surface area contributed by atoms with E-state index in [1.807, 2.05) is 29.2 Å². The quantitative estimate of drug-likeness (QED) is 0.876. The Bertz CT molecular complexity index is 687. The van der Waals surface area contributed by atoms with Crippen LogP contribution in [0, 0.1) is 5.92 Å². The Morgan fingerprint density at radius 2 is 1.85 bits per heavy atom. The molecule has 3 heterocycles. The summed E-state index contributed by atoms with van der Waals surface area (Å²) < 4.78 is 11.3. The summed E-state index contributed by atoms with van der Waals surface area (Å²) >= 11 is 0. The zero-order chi connectivity index (χ0) is 18.8. The molecule has 0 saturated carbocycles. The first-order valence-electron chi connectivity index (χ1n) is 9.81. The van der Waals surface area contributed by atoms with Crippen molar-refractivity contribution in [3.05, 3.63) is 29.8 Å². The number of carbonyl (C=O) groups is 2. The van der Waals surface area contributed by atoms with Crippen LogP contribution in [0.15, 0.2) is 24.3 Å². The van der Waals surface area contributed by atoms with Crippen LogP contribution in [0.5, 0.6) is 0 Å². The van der Waals surface area contributed by atoms with Crippen molar-refractivity contribution in [2.24, 2.45) is 5.92 Å². The second-order valence-electron chi connectivity index (χ2n) is 7.46. The molecule has 2 bridgehead atoms. The average molecular weight is 373 g/mol. The van der Waals surface area contributed by atoms with E-state index < -0.39 is 0 Å². The molecule has 0 unspecified atom stereocenters. The molecule has 4 rings (SSSR count). The van der Waals surface area contributed by atoms with Crippen molar-refractivity contribution in [3.8, 4) is 0 Å². The molecule has 0 aliphatic carbocycles. The summed E-state index contributed by atoms with van der Waals surface area (Å²) in [5, 5.41) is 2.96. The van der Waals surface area contributed by atoms with Crippen LogP contribution in [0.1, 0.15) is 18.9 Å². The van der Waals surface area contributed by atoms with Gasteiger partial charge in [-0.1, -0.05) is 19.1 Å². The molecule has 3 atom stereocenters. The van der Waals surface area contributed by atoms with Gasteiger partial charge in [-0.05, 0) is 30.5 Å². The number of fused-ring (bicyclic) bond motifs is 2. The standard InChI is InChI=1S/C20H27N3O4/c1-2-14-3-5-15(6-4-14)21-20(25)23-12-16-11-17(18(13-23)27-16)19(24)22-7-9-26-10-8-22/h3-6,16-18H,2,7-13H2,1H3,(H,21,25)/t16-,17+,18-/m1/s1. The molecule has 0 spiro atoms. The fourth-order valence-corrected chi connectivity index (χ4v) is 4.13. The Kier molecular flexibility index (Phi) is 5.31. The first-order chi connectivity index (χ1) is 13.1. The molecule has 3 aliphatic heterocycles. The van der Waals surface area contributed by atoms with Gasteiger partial charge >= 0.3 is 6.03 Å². The number of nitrogens with zero attached hydrogens (tertiary/aromatic N) is 2. The number of aryl methyl sites for hydroxylation is 1. The third-order valence-electron chi connectivity index (χ3n) is 5.70. The van der Waals surface area contributed by atoms with Crippen LogP contribution >= 0.6 is 0 Å². The van der Waals surface area contributed by atoms with Crippen molar-refractivity contribution >= 4 is 17.6 Å². The van der Waals surface area contributed by atoms with Crippen LogP contribution in [0.2, 0.25) is 0 Å². The van der Waals surface area contributed by atoms with Crippen LogP contribution in [0.25, 0.3) is 0 Å². The molecule has 0 aromatic heterocycles. The fraction of sp³-hybridized carbons (Fsp3) is 0.600. The summed E-state index contributed by atoms with van der Waals surface area (Å²) in [5.74, 6) is -0.0158. The van der Waals surface area contributed by atoms with Crippen molar-refractivity contribution in [2.45, 2.75) is 32.0 Å². The minimum atomic E-state index is -0.215. The largest absolute Gasteiger partial charge is 0.378 e. The second kappa shape index (κ2) is 7.86. The molecular formula is C20H27N3O4. The Labute approximate surface area is 159 Å². The number of hydrogen-bond acceptors (Lipinski definition) is 4. The van der Waals surface area contributed by atoms with E-state index in [0.29, 0.717) is 45.8 Å². The number of morpholine rings is 2. The molecule has 1 aromatic rings. The van der Waals surface area contributed by atoms with Gasteiger partial charge in [0.2, 0.25) is 5.91 Å². The van der Waals surface area contributed by atoms with E-state index in [0.717, 1.165) is 12.1 Å². The van der Waals surface area contributed by atoms with E-state index in [1.54, 1.807) is 4.90 Å². The van der Waals surface area contributed by atoms with Crippen LogP contribution in [-0.2, 0) is 20.7 Å². The highest BCUT2D eigenvalue weighted by Crippen LogP contribution is 2.33. The van der Waals surface area contributed by atoms with Gasteiger partial charge in [0.1, 0.15) is 0 Å². The van der Waals surface area contributed by atoms with Gasteiger partial charge in [-0.15, -0.1) is 0 Å². The number of rotatable bonds is 3. The monoisotopic (exact) mass is 373 g/mol. The van der Waals surface area contributed by atoms with Crippen molar-refractivity contribution in [2.75, 3.05) is 44.7 Å². The van der Waals surface area contributed by atoms with Crippen LogP contribution in [0.4, 0.5) is 10.5 Å². The molecule has 7 nitrogen and oxygen atoms in total. The fourth-order valence-electron chi connectivity index (χ4n) is 4.13. The van der Waals surface area contributed by atoms with Crippen molar-refractivity contribution in [1.82, 2.24) is 9.80 Å². The number of hydrogen-bond donors (Lipinski definition) is 1. The summed E-state index contributed by atoms with van der Waals surface area (Å²) in [6, 6.07) is 7.77. The maximum absolute atomic E-state index is 12.8. The van der Waals surface area contributed by atoms with Crippen molar-refractivity contribution in [1.29, 1.82) is 0 Å². The topological polar surface area (TPSA) is 71.1 Å². The number of nitrogens with one attached hydrogen (secondary N) is 1. The second-order valence-corrected chi connectivity index (χ2v) is 7.46. The summed E-state index contributed by atoms with van der Waals surface area (Å²) in [7, 11) is 0. The van der Waals surface area contributed by atoms with Crippen LogP contribution in [-0.4, -0.2) is 73.3 Å². The molecule has 3 amide bonds. The van der Waals surface area contributed by atoms with E-state index >= 15 is 0 Å². The number of amides is 3. The van der Waals surface area contributed by atoms with Gasteiger partial charge in [0.05, 0.1) is 31.3 Å². The number of benzene rings is 1. The van der Waals surface area contributed by atoms with Gasteiger partial charge in [-0.3, -0.25) is 4.79 Å². The van der Waals surface area contributed by atoms with E-state index in [2.05, 4.69) is 12.2 Å². The Morgan fingerprint density at radius 1 is 1.11 bits per heavy atom. The number of likely N-dealkylation sites (tertiary alicyclic amines) is 1. The smallest absolute Gasteiger partial charge is 0.322 e. The van der Waals surface area contributed by atoms with Crippen molar-refractivity contribution < 1.29 is 19.1 Å². The van der Waals surface area contributed by atoms with Gasteiger partial charge in [0.15, 0.2) is 0 Å². The van der Waals surface area contributed by atoms with Gasteiger partial charge in [-0.2, -0.15) is 0 Å². The molecule has 3 fully saturated rings. The third kappa shape index (κ3) is 3.94. The first kappa shape index (κ1) is 18.3. The Hall–Kier alpha value is -2.12. The maximum Gasteiger partial charge on any atom is 0.322 e. The highest BCUT2D eigenvalue weighted by molar-refractivity contribution is 5.89. The Balaban J connectivity index is 1.36. The van der Waals surface area contributed by atoms with Gasteiger partial charge < -0.3 is 24.6 Å². The molecule has 3 aliphatic rings. The molecular weight excluding hydrogens is 346 g/mol. The predicted octanol–water partition coefficient (Wildman–Crippen LogP) is 1.73. The predicted molar refractivity (Wildman–Crippen MR) is 101 cm³/mol. The normalized spacial score (nSPS) is 27.5. The van der Waals surface area contributed by atoms with Crippen LogP contribution in [0.3, 0.4) is 0 Å². The van der Waals surface area contributed by atoms with E-state index in [1.165, 1.54) is 5.56 Å². The van der Waals surface area contributed by atoms with E-state index in [4.69, 9.17) is 9.47 Å².